The van der Waals surface area contributed by atoms with Crippen LogP contribution in [0, 0.1) is 0 Å². The van der Waals surface area contributed by atoms with Crippen LogP contribution in [0.4, 0.5) is 0 Å². The lowest BCUT2D eigenvalue weighted by Crippen LogP contribution is -2.24. The largest absolute Gasteiger partial charge is 0.310 e. The molecule has 1 N–H and O–H groups in total. The topological polar surface area (TPSA) is 12.0 Å². The van der Waals surface area contributed by atoms with Crippen LogP contribution >= 0.6 is 0 Å². The monoisotopic (exact) mass is 265 g/mol. The van der Waals surface area contributed by atoms with Gasteiger partial charge in [0.05, 0.1) is 0 Å². The predicted molar refractivity (Wildman–Crippen MR) is 84.9 cm³/mol. The van der Waals surface area contributed by atoms with Gasteiger partial charge in [0.2, 0.25) is 0 Å². The Kier molecular flexibility index (Phi) is 4.49. The second kappa shape index (κ2) is 6.71. The number of hydrogen-bond donors (Lipinski definition) is 1. The van der Waals surface area contributed by atoms with Gasteiger partial charge in [0.15, 0.2) is 0 Å². The van der Waals surface area contributed by atoms with Crippen LogP contribution in [0.2, 0.25) is 0 Å². The van der Waals surface area contributed by atoms with Crippen molar-refractivity contribution in [2.24, 2.45) is 0 Å². The van der Waals surface area contributed by atoms with E-state index in [9.17, 15) is 0 Å². The average molecular weight is 265 g/mol. The Morgan fingerprint density at radius 1 is 0.900 bits per heavy atom. The Morgan fingerprint density at radius 3 is 2.60 bits per heavy atom. The first-order valence-corrected chi connectivity index (χ1v) is 7.78. The molecule has 1 aliphatic carbocycles. The van der Waals surface area contributed by atoms with Crippen LogP contribution in [0.5, 0.6) is 0 Å². The first-order valence-electron chi connectivity index (χ1n) is 7.78. The molecular formula is C19H23N. The van der Waals surface area contributed by atoms with Gasteiger partial charge in [0.1, 0.15) is 0 Å². The minimum Gasteiger partial charge on any atom is -0.310 e. The molecule has 1 unspecified atom stereocenters. The summed E-state index contributed by atoms with van der Waals surface area (Å²) in [5.41, 5.74) is 4.49. The van der Waals surface area contributed by atoms with Crippen molar-refractivity contribution < 1.29 is 0 Å². The average Bonchev–Trinajstić information content (AvgIpc) is 2.71. The third-order valence-electron chi connectivity index (χ3n) is 4.27. The highest BCUT2D eigenvalue weighted by Gasteiger charge is 2.17. The van der Waals surface area contributed by atoms with E-state index in [0.29, 0.717) is 6.04 Å². The second-order valence-electron chi connectivity index (χ2n) is 5.69. The van der Waals surface area contributed by atoms with Gasteiger partial charge >= 0.3 is 0 Å². The van der Waals surface area contributed by atoms with Crippen LogP contribution in [0.3, 0.4) is 0 Å². The molecule has 1 atom stereocenters. The van der Waals surface area contributed by atoms with Gasteiger partial charge in [-0.3, -0.25) is 0 Å². The van der Waals surface area contributed by atoms with Crippen molar-refractivity contribution in [2.75, 3.05) is 6.54 Å². The van der Waals surface area contributed by atoms with Crippen LogP contribution in [0.25, 0.3) is 0 Å². The zero-order valence-corrected chi connectivity index (χ0v) is 12.0. The minimum absolute atomic E-state index is 0.539. The van der Waals surface area contributed by atoms with E-state index in [2.05, 4.69) is 59.9 Å². The SMILES string of the molecule is c1ccc(CCNC2CCCCc3ccccc32)cc1. The maximum atomic E-state index is 3.77. The molecule has 2 aromatic carbocycles. The van der Waals surface area contributed by atoms with Gasteiger partial charge in [-0.1, -0.05) is 61.0 Å². The molecule has 0 saturated heterocycles. The molecule has 104 valence electrons. The Bertz CT molecular complexity index is 532. The predicted octanol–water partition coefficient (Wildman–Crippen LogP) is 4.29. The number of nitrogens with one attached hydrogen (secondary N) is 1. The molecule has 0 bridgehead atoms. The van der Waals surface area contributed by atoms with Gasteiger partial charge in [-0.2, -0.15) is 0 Å². The minimum atomic E-state index is 0.539. The molecule has 1 aliphatic rings. The van der Waals surface area contributed by atoms with E-state index in [0.717, 1.165) is 13.0 Å². The summed E-state index contributed by atoms with van der Waals surface area (Å²) >= 11 is 0. The van der Waals surface area contributed by atoms with Crippen molar-refractivity contribution in [2.45, 2.75) is 38.1 Å². The molecule has 1 nitrogen and oxygen atoms in total. The normalized spacial score (nSPS) is 18.3. The summed E-state index contributed by atoms with van der Waals surface area (Å²) in [6.07, 6.45) is 6.28. The highest BCUT2D eigenvalue weighted by Crippen LogP contribution is 2.28. The Labute approximate surface area is 122 Å². The van der Waals surface area contributed by atoms with E-state index < -0.39 is 0 Å². The summed E-state index contributed by atoms with van der Waals surface area (Å²) in [6, 6.07) is 20.2. The van der Waals surface area contributed by atoms with Gasteiger partial charge < -0.3 is 5.32 Å². The molecule has 0 spiro atoms. The summed E-state index contributed by atoms with van der Waals surface area (Å²) in [6.45, 7) is 1.06. The lowest BCUT2D eigenvalue weighted by atomic mass is 9.99. The van der Waals surface area contributed by atoms with Crippen molar-refractivity contribution in [3.63, 3.8) is 0 Å². The fourth-order valence-electron chi connectivity index (χ4n) is 3.17. The summed E-state index contributed by atoms with van der Waals surface area (Å²) in [7, 11) is 0. The Morgan fingerprint density at radius 2 is 1.70 bits per heavy atom. The Hall–Kier alpha value is -1.60. The van der Waals surface area contributed by atoms with Crippen LogP contribution in [-0.4, -0.2) is 6.54 Å². The van der Waals surface area contributed by atoms with Crippen molar-refractivity contribution >= 4 is 0 Å². The summed E-state index contributed by atoms with van der Waals surface area (Å²) < 4.78 is 0. The van der Waals surface area contributed by atoms with Crippen molar-refractivity contribution in [3.8, 4) is 0 Å². The van der Waals surface area contributed by atoms with E-state index in [-0.39, 0.29) is 0 Å². The van der Waals surface area contributed by atoms with E-state index in [1.807, 2.05) is 0 Å². The number of rotatable bonds is 4. The van der Waals surface area contributed by atoms with Gasteiger partial charge in [-0.05, 0) is 48.9 Å². The van der Waals surface area contributed by atoms with Crippen LogP contribution < -0.4 is 5.32 Å². The molecule has 0 amide bonds. The summed E-state index contributed by atoms with van der Waals surface area (Å²) in [5.74, 6) is 0. The molecule has 0 aromatic heterocycles. The standard InChI is InChI=1S/C19H23N/c1-2-8-16(9-3-1)14-15-20-19-13-7-5-11-17-10-4-6-12-18(17)19/h1-4,6,8-10,12,19-20H,5,7,11,13-15H2. The summed E-state index contributed by atoms with van der Waals surface area (Å²) in [4.78, 5) is 0. The fraction of sp³-hybridized carbons (Fsp3) is 0.368. The van der Waals surface area contributed by atoms with Crippen molar-refractivity contribution in [3.05, 3.63) is 71.3 Å². The zero-order valence-electron chi connectivity index (χ0n) is 12.0. The van der Waals surface area contributed by atoms with Gasteiger partial charge in [0, 0.05) is 6.04 Å². The van der Waals surface area contributed by atoms with E-state index in [1.165, 1.54) is 36.8 Å². The third-order valence-corrected chi connectivity index (χ3v) is 4.27. The highest BCUT2D eigenvalue weighted by molar-refractivity contribution is 5.31. The van der Waals surface area contributed by atoms with E-state index >= 15 is 0 Å². The number of hydrogen-bond acceptors (Lipinski definition) is 1. The quantitative estimate of drug-likeness (QED) is 0.813. The maximum absolute atomic E-state index is 3.77. The molecule has 0 heterocycles. The maximum Gasteiger partial charge on any atom is 0.0323 e. The number of aryl methyl sites for hydroxylation is 1. The van der Waals surface area contributed by atoms with Crippen LogP contribution in [0.1, 0.15) is 42.0 Å². The van der Waals surface area contributed by atoms with E-state index in [1.54, 1.807) is 5.56 Å². The van der Waals surface area contributed by atoms with Crippen molar-refractivity contribution in [1.29, 1.82) is 0 Å². The second-order valence-corrected chi connectivity index (χ2v) is 5.69. The van der Waals surface area contributed by atoms with Crippen molar-refractivity contribution in [1.82, 2.24) is 5.32 Å². The lowest BCUT2D eigenvalue weighted by Gasteiger charge is -2.19. The molecule has 0 fully saturated rings. The highest BCUT2D eigenvalue weighted by atomic mass is 14.9. The lowest BCUT2D eigenvalue weighted by molar-refractivity contribution is 0.493. The number of benzene rings is 2. The molecular weight excluding hydrogens is 242 g/mol. The van der Waals surface area contributed by atoms with E-state index in [4.69, 9.17) is 0 Å². The first-order chi connectivity index (χ1) is 9.93. The Balaban J connectivity index is 1.62. The zero-order chi connectivity index (χ0) is 13.6. The molecule has 0 saturated carbocycles. The molecule has 1 heteroatoms. The molecule has 0 radical (unpaired) electrons. The summed E-state index contributed by atoms with van der Waals surface area (Å²) in [5, 5.41) is 3.77. The molecule has 20 heavy (non-hydrogen) atoms. The number of fused-ring (bicyclic) bond motifs is 1. The third kappa shape index (κ3) is 3.29. The molecule has 0 aliphatic heterocycles. The molecule has 3 rings (SSSR count). The molecule has 2 aromatic rings. The van der Waals surface area contributed by atoms with Crippen LogP contribution in [-0.2, 0) is 12.8 Å². The fourth-order valence-corrected chi connectivity index (χ4v) is 3.17. The van der Waals surface area contributed by atoms with Gasteiger partial charge in [-0.15, -0.1) is 0 Å². The smallest absolute Gasteiger partial charge is 0.0323 e. The van der Waals surface area contributed by atoms with Gasteiger partial charge in [0.25, 0.3) is 0 Å². The van der Waals surface area contributed by atoms with Crippen LogP contribution in [0.15, 0.2) is 54.6 Å². The first kappa shape index (κ1) is 13.4. The van der Waals surface area contributed by atoms with Gasteiger partial charge in [-0.25, -0.2) is 0 Å².